The molecule has 3 atom stereocenters. The van der Waals surface area contributed by atoms with Crippen molar-refractivity contribution >= 4 is 9.84 Å². The Labute approximate surface area is 104 Å². The molecule has 0 aromatic carbocycles. The van der Waals surface area contributed by atoms with Gasteiger partial charge >= 0.3 is 0 Å². The first-order chi connectivity index (χ1) is 7.97. The summed E-state index contributed by atoms with van der Waals surface area (Å²) in [4.78, 5) is 0. The van der Waals surface area contributed by atoms with Gasteiger partial charge in [-0.25, -0.2) is 8.42 Å². The van der Waals surface area contributed by atoms with Gasteiger partial charge in [0.25, 0.3) is 0 Å². The first-order valence-corrected chi connectivity index (χ1v) is 8.52. The van der Waals surface area contributed by atoms with Crippen molar-refractivity contribution in [1.82, 2.24) is 5.32 Å². The van der Waals surface area contributed by atoms with Crippen LogP contribution in [0.4, 0.5) is 0 Å². The molecule has 0 heterocycles. The average Bonchev–Trinajstić information content (AvgIpc) is 3.09. The average molecular weight is 261 g/mol. The smallest absolute Gasteiger partial charge is 0.150 e. The van der Waals surface area contributed by atoms with E-state index < -0.39 is 9.84 Å². The highest BCUT2D eigenvalue weighted by Crippen LogP contribution is 2.32. The molecule has 0 aromatic heterocycles. The van der Waals surface area contributed by atoms with Gasteiger partial charge in [0, 0.05) is 18.8 Å². The summed E-state index contributed by atoms with van der Waals surface area (Å²) < 4.78 is 23.0. The Hall–Kier alpha value is -0.130. The van der Waals surface area contributed by atoms with E-state index in [0.29, 0.717) is 18.9 Å². The van der Waals surface area contributed by atoms with Crippen molar-refractivity contribution in [2.24, 2.45) is 5.92 Å². The van der Waals surface area contributed by atoms with Crippen LogP contribution in [0.15, 0.2) is 0 Å². The Kier molecular flexibility index (Phi) is 4.10. The highest BCUT2D eigenvalue weighted by atomic mass is 32.2. The van der Waals surface area contributed by atoms with Crippen LogP contribution in [0.1, 0.15) is 38.5 Å². The molecule has 3 unspecified atom stereocenters. The van der Waals surface area contributed by atoms with Crippen molar-refractivity contribution < 1.29 is 13.5 Å². The molecule has 0 aromatic rings. The standard InChI is InChI=1S/C12H23NO3S/c1-17(15,16)11-4-2-3-10(7-11)13-8-12(14)9-5-6-9/h9-14H,2-8H2,1H3. The number of hydrogen-bond acceptors (Lipinski definition) is 4. The van der Waals surface area contributed by atoms with E-state index in [-0.39, 0.29) is 17.4 Å². The van der Waals surface area contributed by atoms with Crippen LogP contribution in [0.5, 0.6) is 0 Å². The topological polar surface area (TPSA) is 66.4 Å². The van der Waals surface area contributed by atoms with Crippen LogP contribution in [0.2, 0.25) is 0 Å². The first-order valence-electron chi connectivity index (χ1n) is 6.57. The van der Waals surface area contributed by atoms with Gasteiger partial charge in [-0.15, -0.1) is 0 Å². The molecule has 2 fully saturated rings. The number of rotatable bonds is 5. The highest BCUT2D eigenvalue weighted by molar-refractivity contribution is 7.91. The molecule has 0 amide bonds. The number of nitrogens with one attached hydrogen (secondary N) is 1. The Morgan fingerprint density at radius 3 is 2.59 bits per heavy atom. The van der Waals surface area contributed by atoms with E-state index in [1.165, 1.54) is 6.26 Å². The zero-order valence-corrected chi connectivity index (χ0v) is 11.2. The fourth-order valence-electron chi connectivity index (χ4n) is 2.65. The number of aliphatic hydroxyl groups is 1. The minimum Gasteiger partial charge on any atom is -0.392 e. The van der Waals surface area contributed by atoms with E-state index in [1.54, 1.807) is 0 Å². The molecule has 0 spiro atoms. The van der Waals surface area contributed by atoms with Gasteiger partial charge in [-0.3, -0.25) is 0 Å². The maximum Gasteiger partial charge on any atom is 0.150 e. The Bertz CT molecular complexity index is 351. The van der Waals surface area contributed by atoms with Crippen LogP contribution in [0, 0.1) is 5.92 Å². The van der Waals surface area contributed by atoms with Gasteiger partial charge in [0.2, 0.25) is 0 Å². The molecule has 0 radical (unpaired) electrons. The Balaban J connectivity index is 1.77. The van der Waals surface area contributed by atoms with E-state index in [9.17, 15) is 13.5 Å². The van der Waals surface area contributed by atoms with Crippen LogP contribution in [-0.2, 0) is 9.84 Å². The maximum atomic E-state index is 11.5. The summed E-state index contributed by atoms with van der Waals surface area (Å²) in [5.41, 5.74) is 0. The Morgan fingerprint density at radius 2 is 2.00 bits per heavy atom. The van der Waals surface area contributed by atoms with Gasteiger partial charge < -0.3 is 10.4 Å². The normalized spacial score (nSPS) is 32.4. The second-order valence-electron chi connectivity index (χ2n) is 5.63. The van der Waals surface area contributed by atoms with Crippen molar-refractivity contribution in [2.75, 3.05) is 12.8 Å². The first kappa shape index (κ1) is 13.3. The minimum atomic E-state index is -2.90. The number of sulfone groups is 1. The van der Waals surface area contributed by atoms with Gasteiger partial charge in [0.1, 0.15) is 9.84 Å². The Morgan fingerprint density at radius 1 is 1.29 bits per heavy atom. The van der Waals surface area contributed by atoms with Crippen LogP contribution in [0.3, 0.4) is 0 Å². The fraction of sp³-hybridized carbons (Fsp3) is 1.00. The third-order valence-corrected chi connectivity index (χ3v) is 5.65. The summed E-state index contributed by atoms with van der Waals surface area (Å²) in [6.07, 6.45) is 6.86. The summed E-state index contributed by atoms with van der Waals surface area (Å²) in [6.45, 7) is 0.617. The summed E-state index contributed by atoms with van der Waals surface area (Å²) in [7, 11) is -2.90. The number of hydrogen-bond donors (Lipinski definition) is 2. The molecule has 0 saturated heterocycles. The van der Waals surface area contributed by atoms with Crippen LogP contribution in [-0.4, -0.2) is 43.7 Å². The van der Waals surface area contributed by atoms with E-state index >= 15 is 0 Å². The van der Waals surface area contributed by atoms with E-state index in [4.69, 9.17) is 0 Å². The van der Waals surface area contributed by atoms with Crippen molar-refractivity contribution in [2.45, 2.75) is 55.9 Å². The third-order valence-electron chi connectivity index (χ3n) is 4.01. The minimum absolute atomic E-state index is 0.188. The molecule has 4 nitrogen and oxygen atoms in total. The SMILES string of the molecule is CS(=O)(=O)C1CCCC(NCC(O)C2CC2)C1. The molecule has 0 bridgehead atoms. The van der Waals surface area contributed by atoms with Gasteiger partial charge in [-0.2, -0.15) is 0 Å². The maximum absolute atomic E-state index is 11.5. The largest absolute Gasteiger partial charge is 0.392 e. The molecule has 2 rings (SSSR count). The molecule has 2 saturated carbocycles. The zero-order chi connectivity index (χ0) is 12.5. The van der Waals surface area contributed by atoms with Gasteiger partial charge in [0.15, 0.2) is 0 Å². The predicted molar refractivity (Wildman–Crippen MR) is 67.6 cm³/mol. The molecule has 5 heteroatoms. The number of aliphatic hydroxyl groups excluding tert-OH is 1. The summed E-state index contributed by atoms with van der Waals surface area (Å²) in [6, 6.07) is 0.261. The molecule has 17 heavy (non-hydrogen) atoms. The van der Waals surface area contributed by atoms with E-state index in [0.717, 1.165) is 32.1 Å². The molecular formula is C12H23NO3S. The van der Waals surface area contributed by atoms with Crippen LogP contribution in [0.25, 0.3) is 0 Å². The monoisotopic (exact) mass is 261 g/mol. The second-order valence-corrected chi connectivity index (χ2v) is 7.95. The zero-order valence-electron chi connectivity index (χ0n) is 10.4. The molecule has 0 aliphatic heterocycles. The lowest BCUT2D eigenvalue weighted by Gasteiger charge is -2.29. The van der Waals surface area contributed by atoms with Crippen LogP contribution < -0.4 is 5.32 Å². The van der Waals surface area contributed by atoms with Gasteiger partial charge in [0.05, 0.1) is 11.4 Å². The fourth-order valence-corrected chi connectivity index (χ4v) is 3.83. The molecular weight excluding hydrogens is 238 g/mol. The predicted octanol–water partition coefficient (Wildman–Crippen LogP) is 0.703. The van der Waals surface area contributed by atoms with Crippen molar-refractivity contribution in [3.05, 3.63) is 0 Å². The lowest BCUT2D eigenvalue weighted by atomic mass is 9.95. The molecule has 100 valence electrons. The summed E-state index contributed by atoms with van der Waals surface area (Å²) in [5.74, 6) is 0.483. The van der Waals surface area contributed by atoms with Gasteiger partial charge in [-0.1, -0.05) is 6.42 Å². The van der Waals surface area contributed by atoms with Gasteiger partial charge in [-0.05, 0) is 38.0 Å². The van der Waals surface area contributed by atoms with Crippen molar-refractivity contribution in [3.8, 4) is 0 Å². The van der Waals surface area contributed by atoms with Crippen molar-refractivity contribution in [3.63, 3.8) is 0 Å². The van der Waals surface area contributed by atoms with E-state index in [2.05, 4.69) is 5.32 Å². The van der Waals surface area contributed by atoms with E-state index in [1.807, 2.05) is 0 Å². The summed E-state index contributed by atoms with van der Waals surface area (Å²) >= 11 is 0. The third kappa shape index (κ3) is 3.93. The molecule has 2 aliphatic carbocycles. The highest BCUT2D eigenvalue weighted by Gasteiger charge is 2.32. The molecule has 2 aliphatic rings. The van der Waals surface area contributed by atoms with Crippen LogP contribution >= 0.6 is 0 Å². The lowest BCUT2D eigenvalue weighted by molar-refractivity contribution is 0.141. The second kappa shape index (κ2) is 5.24. The lowest BCUT2D eigenvalue weighted by Crippen LogP contribution is -2.42. The molecule has 2 N–H and O–H groups in total. The van der Waals surface area contributed by atoms with Crippen molar-refractivity contribution in [1.29, 1.82) is 0 Å². The quantitative estimate of drug-likeness (QED) is 0.764. The summed E-state index contributed by atoms with van der Waals surface area (Å²) in [5, 5.41) is 12.9.